The smallest absolute Gasteiger partial charge is 0.269 e. The van der Waals surface area contributed by atoms with Crippen LogP contribution in [0.4, 0.5) is 5.69 Å². The maximum Gasteiger partial charge on any atom is 0.269 e. The first-order valence-corrected chi connectivity index (χ1v) is 8.72. The highest BCUT2D eigenvalue weighted by atomic mass is 16.6. The van der Waals surface area contributed by atoms with Crippen LogP contribution in [-0.4, -0.2) is 18.6 Å². The normalized spacial score (nSPS) is 15.1. The summed E-state index contributed by atoms with van der Waals surface area (Å²) in [5, 5.41) is 2.87. The van der Waals surface area contributed by atoms with Gasteiger partial charge in [-0.15, -0.1) is 0 Å². The van der Waals surface area contributed by atoms with Crippen LogP contribution in [0.25, 0.3) is 0 Å². The third-order valence-corrected chi connectivity index (χ3v) is 4.19. The molecule has 0 spiro atoms. The predicted octanol–water partition coefficient (Wildman–Crippen LogP) is 4.57. The second-order valence-corrected chi connectivity index (χ2v) is 6.26. The molecule has 0 fully saturated rings. The number of amides is 1. The molecule has 1 atom stereocenters. The maximum absolute atomic E-state index is 12.7. The van der Waals surface area contributed by atoms with Crippen LogP contribution >= 0.6 is 0 Å². The van der Waals surface area contributed by atoms with Gasteiger partial charge in [0.05, 0.1) is 5.69 Å². The molecule has 1 aliphatic heterocycles. The molecule has 1 heterocycles. The summed E-state index contributed by atoms with van der Waals surface area (Å²) in [5.74, 6) is 2.18. The van der Waals surface area contributed by atoms with Gasteiger partial charge in [-0.2, -0.15) is 0 Å². The fraction of sp³-hybridized carbons (Fsp3) is 0.136. The third-order valence-electron chi connectivity index (χ3n) is 4.19. The number of nitrogens with one attached hydrogen (secondary N) is 1. The van der Waals surface area contributed by atoms with E-state index in [0.717, 1.165) is 5.56 Å². The third kappa shape index (κ3) is 3.87. The number of para-hydroxylation sites is 4. The number of anilines is 1. The van der Waals surface area contributed by atoms with Gasteiger partial charge in [-0.25, -0.2) is 0 Å². The van der Waals surface area contributed by atoms with Crippen LogP contribution in [0.2, 0.25) is 0 Å². The van der Waals surface area contributed by atoms with Gasteiger partial charge in [0, 0.05) is 0 Å². The lowest BCUT2D eigenvalue weighted by molar-refractivity contribution is -0.125. The standard InChI is InChI=1S/C22H19NO4/c1-15-10-12-16(13-11-15)26-18-7-3-2-6-17(18)23-22(24)21-14-25-19-8-4-5-9-20(19)27-21/h2-13,21H,14H2,1H3,(H,23,24). The molecule has 5 nitrogen and oxygen atoms in total. The van der Waals surface area contributed by atoms with Gasteiger partial charge in [0.2, 0.25) is 6.10 Å². The van der Waals surface area contributed by atoms with Crippen molar-refractivity contribution in [2.24, 2.45) is 0 Å². The molecule has 1 aliphatic rings. The summed E-state index contributed by atoms with van der Waals surface area (Å²) < 4.78 is 17.3. The van der Waals surface area contributed by atoms with Gasteiger partial charge >= 0.3 is 0 Å². The van der Waals surface area contributed by atoms with E-state index in [1.807, 2.05) is 67.6 Å². The number of carbonyl (C=O) groups is 1. The first kappa shape index (κ1) is 17.0. The number of fused-ring (bicyclic) bond motifs is 1. The number of aryl methyl sites for hydroxylation is 1. The van der Waals surface area contributed by atoms with Crippen molar-refractivity contribution >= 4 is 11.6 Å². The molecule has 0 aromatic heterocycles. The number of carbonyl (C=O) groups excluding carboxylic acids is 1. The number of benzene rings is 3. The first-order chi connectivity index (χ1) is 13.2. The summed E-state index contributed by atoms with van der Waals surface area (Å²) in [5.41, 5.74) is 1.73. The first-order valence-electron chi connectivity index (χ1n) is 8.72. The van der Waals surface area contributed by atoms with E-state index < -0.39 is 6.10 Å². The van der Waals surface area contributed by atoms with Crippen LogP contribution in [0.3, 0.4) is 0 Å². The van der Waals surface area contributed by atoms with Gasteiger partial charge in [0.1, 0.15) is 12.4 Å². The summed E-state index contributed by atoms with van der Waals surface area (Å²) in [6.45, 7) is 2.17. The van der Waals surface area contributed by atoms with Crippen molar-refractivity contribution in [2.45, 2.75) is 13.0 Å². The minimum Gasteiger partial charge on any atom is -0.485 e. The van der Waals surface area contributed by atoms with E-state index in [2.05, 4.69) is 5.32 Å². The molecule has 3 aromatic carbocycles. The zero-order valence-electron chi connectivity index (χ0n) is 14.8. The molecular formula is C22H19NO4. The number of hydrogen-bond acceptors (Lipinski definition) is 4. The molecule has 0 saturated heterocycles. The quantitative estimate of drug-likeness (QED) is 0.740. The molecule has 1 N–H and O–H groups in total. The summed E-state index contributed by atoms with van der Waals surface area (Å²) in [4.78, 5) is 12.7. The average molecular weight is 361 g/mol. The topological polar surface area (TPSA) is 56.8 Å². The fourth-order valence-corrected chi connectivity index (χ4v) is 2.75. The van der Waals surface area contributed by atoms with Crippen molar-refractivity contribution in [2.75, 3.05) is 11.9 Å². The Bertz CT molecular complexity index is 953. The van der Waals surface area contributed by atoms with Gasteiger partial charge in [0.25, 0.3) is 5.91 Å². The molecule has 4 rings (SSSR count). The van der Waals surface area contributed by atoms with E-state index in [4.69, 9.17) is 14.2 Å². The maximum atomic E-state index is 12.7. The highest BCUT2D eigenvalue weighted by Crippen LogP contribution is 2.32. The molecule has 0 bridgehead atoms. The van der Waals surface area contributed by atoms with E-state index >= 15 is 0 Å². The lowest BCUT2D eigenvalue weighted by Crippen LogP contribution is -2.40. The molecule has 1 unspecified atom stereocenters. The Kier molecular flexibility index (Phi) is 4.66. The van der Waals surface area contributed by atoms with Gasteiger partial charge in [-0.1, -0.05) is 42.0 Å². The average Bonchev–Trinajstić information content (AvgIpc) is 2.70. The van der Waals surface area contributed by atoms with Crippen molar-refractivity contribution < 1.29 is 19.0 Å². The van der Waals surface area contributed by atoms with Gasteiger partial charge < -0.3 is 19.5 Å². The fourth-order valence-electron chi connectivity index (χ4n) is 2.75. The highest BCUT2D eigenvalue weighted by Gasteiger charge is 2.27. The number of hydrogen-bond donors (Lipinski definition) is 1. The summed E-state index contributed by atoms with van der Waals surface area (Å²) in [7, 11) is 0. The minimum absolute atomic E-state index is 0.157. The largest absolute Gasteiger partial charge is 0.485 e. The van der Waals surface area contributed by atoms with Crippen molar-refractivity contribution in [3.8, 4) is 23.0 Å². The lowest BCUT2D eigenvalue weighted by atomic mass is 10.2. The van der Waals surface area contributed by atoms with Gasteiger partial charge in [0.15, 0.2) is 17.2 Å². The van der Waals surface area contributed by atoms with Crippen LogP contribution in [0.1, 0.15) is 5.56 Å². The van der Waals surface area contributed by atoms with Crippen LogP contribution in [0, 0.1) is 6.92 Å². The zero-order valence-corrected chi connectivity index (χ0v) is 14.8. The Morgan fingerprint density at radius 1 is 0.963 bits per heavy atom. The Morgan fingerprint density at radius 2 is 1.67 bits per heavy atom. The van der Waals surface area contributed by atoms with Crippen molar-refractivity contribution in [1.29, 1.82) is 0 Å². The van der Waals surface area contributed by atoms with Crippen LogP contribution in [0.5, 0.6) is 23.0 Å². The number of ether oxygens (including phenoxy) is 3. The minimum atomic E-state index is -0.729. The molecule has 0 aliphatic carbocycles. The Morgan fingerprint density at radius 3 is 2.48 bits per heavy atom. The van der Waals surface area contributed by atoms with Crippen LogP contribution < -0.4 is 19.5 Å². The van der Waals surface area contributed by atoms with Gasteiger partial charge in [-0.05, 0) is 43.3 Å². The SMILES string of the molecule is Cc1ccc(Oc2ccccc2NC(=O)C2COc3ccccc3O2)cc1. The molecule has 3 aromatic rings. The summed E-state index contributed by atoms with van der Waals surface area (Å²) >= 11 is 0. The molecule has 1 amide bonds. The molecule has 27 heavy (non-hydrogen) atoms. The monoisotopic (exact) mass is 361 g/mol. The second-order valence-electron chi connectivity index (χ2n) is 6.26. The van der Waals surface area contributed by atoms with Crippen LogP contribution in [0.15, 0.2) is 72.8 Å². The van der Waals surface area contributed by atoms with Crippen LogP contribution in [-0.2, 0) is 4.79 Å². The molecule has 5 heteroatoms. The molecule has 0 saturated carbocycles. The Hall–Kier alpha value is -3.47. The van der Waals surface area contributed by atoms with E-state index in [-0.39, 0.29) is 12.5 Å². The summed E-state index contributed by atoms with van der Waals surface area (Å²) in [6.07, 6.45) is -0.729. The van der Waals surface area contributed by atoms with E-state index in [9.17, 15) is 4.79 Å². The lowest BCUT2D eigenvalue weighted by Gasteiger charge is -2.25. The molecular weight excluding hydrogens is 342 g/mol. The second kappa shape index (κ2) is 7.41. The Labute approximate surface area is 157 Å². The van der Waals surface area contributed by atoms with Crippen molar-refractivity contribution in [3.63, 3.8) is 0 Å². The van der Waals surface area contributed by atoms with Gasteiger partial charge in [-0.3, -0.25) is 4.79 Å². The van der Waals surface area contributed by atoms with E-state index in [0.29, 0.717) is 28.7 Å². The predicted molar refractivity (Wildman–Crippen MR) is 103 cm³/mol. The van der Waals surface area contributed by atoms with E-state index in [1.54, 1.807) is 12.1 Å². The Balaban J connectivity index is 1.48. The summed E-state index contributed by atoms with van der Waals surface area (Å²) in [6, 6.07) is 22.3. The molecule has 136 valence electrons. The number of rotatable bonds is 4. The molecule has 0 radical (unpaired) electrons. The van der Waals surface area contributed by atoms with Crippen molar-refractivity contribution in [3.05, 3.63) is 78.4 Å². The zero-order chi connectivity index (χ0) is 18.6. The highest BCUT2D eigenvalue weighted by molar-refractivity contribution is 5.96. The van der Waals surface area contributed by atoms with Crippen molar-refractivity contribution in [1.82, 2.24) is 0 Å². The van der Waals surface area contributed by atoms with E-state index in [1.165, 1.54) is 0 Å².